The van der Waals surface area contributed by atoms with Crippen LogP contribution in [0.3, 0.4) is 0 Å². The molecule has 1 rings (SSSR count). The van der Waals surface area contributed by atoms with Crippen molar-refractivity contribution in [1.82, 2.24) is 0 Å². The summed E-state index contributed by atoms with van der Waals surface area (Å²) in [7, 11) is 3.73. The van der Waals surface area contributed by atoms with Gasteiger partial charge in [-0.2, -0.15) is 0 Å². The summed E-state index contributed by atoms with van der Waals surface area (Å²) in [6, 6.07) is 5.81. The molecule has 0 amide bonds. The number of ether oxygens (including phenoxy) is 1. The molecule has 15 heavy (non-hydrogen) atoms. The smallest absolute Gasteiger partial charge is 0.122 e. The number of hydrogen-bond acceptors (Lipinski definition) is 3. The third-order valence-electron chi connectivity index (χ3n) is 2.44. The van der Waals surface area contributed by atoms with E-state index < -0.39 is 0 Å². The van der Waals surface area contributed by atoms with Gasteiger partial charge in [0, 0.05) is 37.1 Å². The van der Waals surface area contributed by atoms with E-state index in [-0.39, 0.29) is 0 Å². The molecule has 0 fully saturated rings. The SMILES string of the molecule is CCCCN(C)c1cc(N)cc(OC)c1. The second-order valence-electron chi connectivity index (χ2n) is 3.74. The largest absolute Gasteiger partial charge is 0.497 e. The molecule has 3 nitrogen and oxygen atoms in total. The molecule has 0 unspecified atom stereocenters. The zero-order valence-electron chi connectivity index (χ0n) is 9.79. The molecule has 2 N–H and O–H groups in total. The van der Waals surface area contributed by atoms with Crippen LogP contribution in [0.2, 0.25) is 0 Å². The van der Waals surface area contributed by atoms with Gasteiger partial charge >= 0.3 is 0 Å². The quantitative estimate of drug-likeness (QED) is 0.756. The van der Waals surface area contributed by atoms with Gasteiger partial charge in [0.1, 0.15) is 5.75 Å². The fourth-order valence-corrected chi connectivity index (χ4v) is 1.47. The highest BCUT2D eigenvalue weighted by molar-refractivity contribution is 5.60. The van der Waals surface area contributed by atoms with Crippen molar-refractivity contribution in [2.75, 3.05) is 31.3 Å². The highest BCUT2D eigenvalue weighted by Crippen LogP contribution is 2.24. The summed E-state index contributed by atoms with van der Waals surface area (Å²) in [5, 5.41) is 0. The number of anilines is 2. The molecule has 0 aromatic heterocycles. The molecule has 0 aliphatic heterocycles. The Labute approximate surface area is 91.8 Å². The first kappa shape index (κ1) is 11.7. The van der Waals surface area contributed by atoms with E-state index in [0.29, 0.717) is 0 Å². The molecule has 3 heteroatoms. The minimum Gasteiger partial charge on any atom is -0.497 e. The standard InChI is InChI=1S/C12H20N2O/c1-4-5-6-14(2)11-7-10(13)8-12(9-11)15-3/h7-9H,4-6,13H2,1-3H3. The lowest BCUT2D eigenvalue weighted by Crippen LogP contribution is -2.18. The topological polar surface area (TPSA) is 38.5 Å². The Morgan fingerprint density at radius 1 is 1.33 bits per heavy atom. The first-order valence-electron chi connectivity index (χ1n) is 5.33. The molecule has 0 aliphatic rings. The van der Waals surface area contributed by atoms with Crippen LogP contribution in [-0.2, 0) is 0 Å². The average molecular weight is 208 g/mol. The lowest BCUT2D eigenvalue weighted by atomic mass is 10.2. The Bertz CT molecular complexity index is 312. The molecule has 84 valence electrons. The van der Waals surface area contributed by atoms with Gasteiger partial charge < -0.3 is 15.4 Å². The van der Waals surface area contributed by atoms with Crippen LogP contribution >= 0.6 is 0 Å². The lowest BCUT2D eigenvalue weighted by molar-refractivity contribution is 0.415. The van der Waals surface area contributed by atoms with Gasteiger partial charge in [0.2, 0.25) is 0 Å². The number of benzene rings is 1. The number of rotatable bonds is 5. The van der Waals surface area contributed by atoms with Gasteiger partial charge in [0.25, 0.3) is 0 Å². The van der Waals surface area contributed by atoms with E-state index in [4.69, 9.17) is 10.5 Å². The van der Waals surface area contributed by atoms with Crippen LogP contribution in [-0.4, -0.2) is 20.7 Å². The predicted octanol–water partition coefficient (Wildman–Crippen LogP) is 2.51. The summed E-state index contributed by atoms with van der Waals surface area (Å²) in [5.41, 5.74) is 7.65. The minimum absolute atomic E-state index is 0.743. The number of hydrogen-bond donors (Lipinski definition) is 1. The highest BCUT2D eigenvalue weighted by Gasteiger charge is 2.03. The number of nitrogens with two attached hydrogens (primary N) is 1. The van der Waals surface area contributed by atoms with Gasteiger partial charge in [0.15, 0.2) is 0 Å². The molecule has 0 aliphatic carbocycles. The first-order chi connectivity index (χ1) is 7.17. The van der Waals surface area contributed by atoms with Crippen molar-refractivity contribution in [3.63, 3.8) is 0 Å². The number of nitrogens with zero attached hydrogens (tertiary/aromatic N) is 1. The van der Waals surface area contributed by atoms with Crippen molar-refractivity contribution in [3.8, 4) is 5.75 Å². The van der Waals surface area contributed by atoms with Crippen molar-refractivity contribution < 1.29 is 4.74 Å². The number of methoxy groups -OCH3 is 1. The zero-order valence-corrected chi connectivity index (χ0v) is 9.79. The van der Waals surface area contributed by atoms with Crippen LogP contribution in [0, 0.1) is 0 Å². The van der Waals surface area contributed by atoms with Crippen LogP contribution < -0.4 is 15.4 Å². The normalized spacial score (nSPS) is 10.1. The number of nitrogen functional groups attached to an aromatic ring is 1. The van der Waals surface area contributed by atoms with E-state index in [1.54, 1.807) is 7.11 Å². The summed E-state index contributed by atoms with van der Waals surface area (Å²) in [6.45, 7) is 3.23. The fraction of sp³-hybridized carbons (Fsp3) is 0.500. The summed E-state index contributed by atoms with van der Waals surface area (Å²) < 4.78 is 5.18. The Kier molecular flexibility index (Phi) is 4.28. The van der Waals surface area contributed by atoms with E-state index in [0.717, 1.165) is 23.7 Å². The second kappa shape index (κ2) is 5.49. The fourth-order valence-electron chi connectivity index (χ4n) is 1.47. The lowest BCUT2D eigenvalue weighted by Gasteiger charge is -2.20. The van der Waals surface area contributed by atoms with E-state index in [2.05, 4.69) is 18.9 Å². The van der Waals surface area contributed by atoms with Gasteiger partial charge in [-0.25, -0.2) is 0 Å². The van der Waals surface area contributed by atoms with Gasteiger partial charge in [0.05, 0.1) is 7.11 Å². The average Bonchev–Trinajstić information content (AvgIpc) is 2.24. The van der Waals surface area contributed by atoms with E-state index in [9.17, 15) is 0 Å². The van der Waals surface area contributed by atoms with Crippen molar-refractivity contribution in [2.24, 2.45) is 0 Å². The molecule has 1 aromatic rings. The summed E-state index contributed by atoms with van der Waals surface area (Å²) in [6.07, 6.45) is 2.39. The van der Waals surface area contributed by atoms with E-state index in [1.807, 2.05) is 18.2 Å². The maximum Gasteiger partial charge on any atom is 0.122 e. The second-order valence-corrected chi connectivity index (χ2v) is 3.74. The predicted molar refractivity (Wildman–Crippen MR) is 65.6 cm³/mol. The molecular formula is C12H20N2O. The Hall–Kier alpha value is -1.38. The maximum atomic E-state index is 5.79. The molecular weight excluding hydrogens is 188 g/mol. The van der Waals surface area contributed by atoms with E-state index in [1.165, 1.54) is 12.8 Å². The van der Waals surface area contributed by atoms with Crippen LogP contribution in [0.5, 0.6) is 5.75 Å². The van der Waals surface area contributed by atoms with Gasteiger partial charge in [-0.3, -0.25) is 0 Å². The van der Waals surface area contributed by atoms with Crippen LogP contribution in [0.25, 0.3) is 0 Å². The highest BCUT2D eigenvalue weighted by atomic mass is 16.5. The molecule has 0 saturated carbocycles. The molecule has 0 atom stereocenters. The third kappa shape index (κ3) is 3.35. The van der Waals surface area contributed by atoms with Gasteiger partial charge in [-0.15, -0.1) is 0 Å². The Morgan fingerprint density at radius 2 is 2.07 bits per heavy atom. The minimum atomic E-state index is 0.743. The van der Waals surface area contributed by atoms with E-state index >= 15 is 0 Å². The zero-order chi connectivity index (χ0) is 11.3. The maximum absolute atomic E-state index is 5.79. The Morgan fingerprint density at radius 3 is 2.67 bits per heavy atom. The third-order valence-corrected chi connectivity index (χ3v) is 2.44. The molecule has 1 aromatic carbocycles. The molecule has 0 heterocycles. The molecule has 0 bridgehead atoms. The van der Waals surface area contributed by atoms with Crippen molar-refractivity contribution in [1.29, 1.82) is 0 Å². The van der Waals surface area contributed by atoms with Gasteiger partial charge in [-0.1, -0.05) is 13.3 Å². The summed E-state index contributed by atoms with van der Waals surface area (Å²) >= 11 is 0. The molecule has 0 saturated heterocycles. The molecule has 0 radical (unpaired) electrons. The van der Waals surface area contributed by atoms with Crippen LogP contribution in [0.4, 0.5) is 11.4 Å². The van der Waals surface area contributed by atoms with Crippen LogP contribution in [0.1, 0.15) is 19.8 Å². The number of unbranched alkanes of at least 4 members (excludes halogenated alkanes) is 1. The monoisotopic (exact) mass is 208 g/mol. The summed E-state index contributed by atoms with van der Waals surface area (Å²) in [5.74, 6) is 0.813. The van der Waals surface area contributed by atoms with Crippen molar-refractivity contribution in [3.05, 3.63) is 18.2 Å². The Balaban J connectivity index is 2.78. The summed E-state index contributed by atoms with van der Waals surface area (Å²) in [4.78, 5) is 2.20. The van der Waals surface area contributed by atoms with Gasteiger partial charge in [-0.05, 0) is 12.5 Å². The molecule has 0 spiro atoms. The van der Waals surface area contributed by atoms with Crippen molar-refractivity contribution in [2.45, 2.75) is 19.8 Å². The first-order valence-corrected chi connectivity index (χ1v) is 5.33. The van der Waals surface area contributed by atoms with Crippen LogP contribution in [0.15, 0.2) is 18.2 Å². The van der Waals surface area contributed by atoms with Crippen molar-refractivity contribution >= 4 is 11.4 Å².